The number of rotatable bonds is 5. The smallest absolute Gasteiger partial charge is 0.203 e. The molecule has 0 fully saturated rings. The van der Waals surface area contributed by atoms with Crippen LogP contribution in [0.3, 0.4) is 0 Å². The minimum absolute atomic E-state index is 0.553. The molecule has 0 radical (unpaired) electrons. The molecule has 0 saturated carbocycles. The number of benzene rings is 2. The van der Waals surface area contributed by atoms with E-state index in [1.54, 1.807) is 21.3 Å². The SMILES string of the molecule is COc1cc(-c2nc(C)[nH]c2-c2ccc3c(c2)NCCO3)cc(OC)c1OC. The molecule has 7 nitrogen and oxygen atoms in total. The number of hydrogen-bond donors (Lipinski definition) is 2. The normalized spacial score (nSPS) is 12.6. The molecule has 1 aliphatic rings. The lowest BCUT2D eigenvalue weighted by molar-refractivity contribution is 0.323. The summed E-state index contributed by atoms with van der Waals surface area (Å²) in [5.41, 5.74) is 4.60. The van der Waals surface area contributed by atoms with Gasteiger partial charge in [0.15, 0.2) is 11.5 Å². The summed E-state index contributed by atoms with van der Waals surface area (Å²) in [5.74, 6) is 3.41. The maximum absolute atomic E-state index is 5.69. The summed E-state index contributed by atoms with van der Waals surface area (Å²) in [5, 5.41) is 3.37. The largest absolute Gasteiger partial charge is 0.493 e. The molecule has 1 aromatic heterocycles. The molecule has 0 amide bonds. The Kier molecular flexibility index (Phi) is 4.73. The Labute approximate surface area is 163 Å². The van der Waals surface area contributed by atoms with Crippen molar-refractivity contribution in [2.45, 2.75) is 6.92 Å². The minimum atomic E-state index is 0.553. The second kappa shape index (κ2) is 7.34. The molecule has 0 bridgehead atoms. The van der Waals surface area contributed by atoms with Crippen molar-refractivity contribution < 1.29 is 18.9 Å². The topological polar surface area (TPSA) is 77.6 Å². The predicted molar refractivity (Wildman–Crippen MR) is 108 cm³/mol. The Morgan fingerprint density at radius 3 is 2.39 bits per heavy atom. The van der Waals surface area contributed by atoms with E-state index in [0.29, 0.717) is 23.9 Å². The van der Waals surface area contributed by atoms with Gasteiger partial charge in [0, 0.05) is 17.7 Å². The molecule has 28 heavy (non-hydrogen) atoms. The first-order valence-electron chi connectivity index (χ1n) is 9.02. The monoisotopic (exact) mass is 381 g/mol. The summed E-state index contributed by atoms with van der Waals surface area (Å²) in [4.78, 5) is 8.09. The first-order chi connectivity index (χ1) is 13.6. The van der Waals surface area contributed by atoms with Crippen molar-refractivity contribution in [1.29, 1.82) is 0 Å². The zero-order chi connectivity index (χ0) is 19.7. The summed E-state index contributed by atoms with van der Waals surface area (Å²) >= 11 is 0. The molecular weight excluding hydrogens is 358 g/mol. The zero-order valence-corrected chi connectivity index (χ0v) is 16.4. The number of nitrogens with one attached hydrogen (secondary N) is 2. The quantitative estimate of drug-likeness (QED) is 0.698. The summed E-state index contributed by atoms with van der Waals surface area (Å²) in [7, 11) is 4.80. The first-order valence-corrected chi connectivity index (χ1v) is 9.02. The van der Waals surface area contributed by atoms with E-state index < -0.39 is 0 Å². The number of imidazole rings is 1. The Balaban J connectivity index is 1.85. The van der Waals surface area contributed by atoms with Crippen LogP contribution in [0.25, 0.3) is 22.5 Å². The number of fused-ring (bicyclic) bond motifs is 1. The third-order valence-electron chi connectivity index (χ3n) is 4.70. The number of hydrogen-bond acceptors (Lipinski definition) is 6. The van der Waals surface area contributed by atoms with E-state index in [9.17, 15) is 0 Å². The molecule has 0 atom stereocenters. The van der Waals surface area contributed by atoms with Gasteiger partial charge in [-0.05, 0) is 37.3 Å². The van der Waals surface area contributed by atoms with Crippen molar-refractivity contribution in [2.24, 2.45) is 0 Å². The van der Waals surface area contributed by atoms with Gasteiger partial charge < -0.3 is 29.2 Å². The fourth-order valence-electron chi connectivity index (χ4n) is 3.42. The van der Waals surface area contributed by atoms with Crippen LogP contribution in [-0.2, 0) is 0 Å². The number of H-pyrrole nitrogens is 1. The molecule has 146 valence electrons. The predicted octanol–water partition coefficient (Wildman–Crippen LogP) is 3.88. The van der Waals surface area contributed by atoms with E-state index in [2.05, 4.69) is 16.4 Å². The van der Waals surface area contributed by atoms with Crippen LogP contribution in [0.15, 0.2) is 30.3 Å². The maximum Gasteiger partial charge on any atom is 0.203 e. The Hall–Kier alpha value is -3.35. The van der Waals surface area contributed by atoms with E-state index in [0.717, 1.165) is 46.3 Å². The minimum Gasteiger partial charge on any atom is -0.493 e. The van der Waals surface area contributed by atoms with Crippen LogP contribution in [-0.4, -0.2) is 44.4 Å². The molecule has 3 aromatic rings. The van der Waals surface area contributed by atoms with Gasteiger partial charge in [-0.25, -0.2) is 4.98 Å². The van der Waals surface area contributed by atoms with E-state index in [1.165, 1.54) is 0 Å². The van der Waals surface area contributed by atoms with Gasteiger partial charge >= 0.3 is 0 Å². The third-order valence-corrected chi connectivity index (χ3v) is 4.70. The molecule has 2 heterocycles. The van der Waals surface area contributed by atoms with Crippen LogP contribution < -0.4 is 24.3 Å². The molecule has 4 rings (SSSR count). The van der Waals surface area contributed by atoms with Gasteiger partial charge in [0.25, 0.3) is 0 Å². The fourth-order valence-corrected chi connectivity index (χ4v) is 3.42. The standard InChI is InChI=1S/C21H23N3O4/c1-12-23-19(13-5-6-16-15(9-13)22-7-8-28-16)20(24-12)14-10-17(25-2)21(27-4)18(11-14)26-3/h5-6,9-11,22H,7-8H2,1-4H3,(H,23,24). The highest BCUT2D eigenvalue weighted by molar-refractivity contribution is 5.83. The van der Waals surface area contributed by atoms with E-state index in [1.807, 2.05) is 31.2 Å². The van der Waals surface area contributed by atoms with Crippen molar-refractivity contribution in [1.82, 2.24) is 9.97 Å². The Morgan fingerprint density at radius 1 is 0.964 bits per heavy atom. The summed E-state index contributed by atoms with van der Waals surface area (Å²) in [6.07, 6.45) is 0. The van der Waals surface area contributed by atoms with Crippen LogP contribution in [0.4, 0.5) is 5.69 Å². The average Bonchev–Trinajstić information content (AvgIpc) is 3.13. The lowest BCUT2D eigenvalue weighted by Gasteiger charge is -2.19. The van der Waals surface area contributed by atoms with Gasteiger partial charge in [0.05, 0.1) is 38.4 Å². The van der Waals surface area contributed by atoms with E-state index >= 15 is 0 Å². The van der Waals surface area contributed by atoms with Gasteiger partial charge in [-0.15, -0.1) is 0 Å². The van der Waals surface area contributed by atoms with Crippen molar-refractivity contribution in [3.63, 3.8) is 0 Å². The highest BCUT2D eigenvalue weighted by Gasteiger charge is 2.20. The maximum atomic E-state index is 5.69. The molecule has 1 aliphatic heterocycles. The van der Waals surface area contributed by atoms with Crippen molar-refractivity contribution in [3.05, 3.63) is 36.2 Å². The van der Waals surface area contributed by atoms with Crippen LogP contribution in [0, 0.1) is 6.92 Å². The molecule has 7 heteroatoms. The first kappa shape index (κ1) is 18.0. The molecule has 0 unspecified atom stereocenters. The van der Waals surface area contributed by atoms with Crippen molar-refractivity contribution in [2.75, 3.05) is 39.8 Å². The van der Waals surface area contributed by atoms with E-state index in [-0.39, 0.29) is 0 Å². The van der Waals surface area contributed by atoms with Crippen molar-refractivity contribution >= 4 is 5.69 Å². The van der Waals surface area contributed by atoms with Crippen molar-refractivity contribution in [3.8, 4) is 45.5 Å². The average molecular weight is 381 g/mol. The highest BCUT2D eigenvalue weighted by Crippen LogP contribution is 2.43. The van der Waals surface area contributed by atoms with Gasteiger partial charge in [-0.2, -0.15) is 0 Å². The molecule has 0 saturated heterocycles. The lowest BCUT2D eigenvalue weighted by Crippen LogP contribution is -2.17. The second-order valence-electron chi connectivity index (χ2n) is 6.45. The van der Waals surface area contributed by atoms with Crippen LogP contribution >= 0.6 is 0 Å². The summed E-state index contributed by atoms with van der Waals surface area (Å²) < 4.78 is 22.1. The zero-order valence-electron chi connectivity index (χ0n) is 16.4. The number of aromatic amines is 1. The van der Waals surface area contributed by atoms with Gasteiger partial charge in [-0.1, -0.05) is 0 Å². The molecule has 2 aromatic carbocycles. The Morgan fingerprint density at radius 2 is 1.71 bits per heavy atom. The van der Waals surface area contributed by atoms with Crippen LogP contribution in [0.1, 0.15) is 5.82 Å². The molecule has 2 N–H and O–H groups in total. The number of nitrogens with zero attached hydrogens (tertiary/aromatic N) is 1. The molecular formula is C21H23N3O4. The van der Waals surface area contributed by atoms with Crippen LogP contribution in [0.2, 0.25) is 0 Å². The second-order valence-corrected chi connectivity index (χ2v) is 6.45. The van der Waals surface area contributed by atoms with Gasteiger partial charge in [0.2, 0.25) is 5.75 Å². The molecule has 0 spiro atoms. The summed E-state index contributed by atoms with van der Waals surface area (Å²) in [6, 6.07) is 9.88. The van der Waals surface area contributed by atoms with Gasteiger partial charge in [0.1, 0.15) is 18.2 Å². The Bertz CT molecular complexity index is 988. The number of ether oxygens (including phenoxy) is 4. The summed E-state index contributed by atoms with van der Waals surface area (Å²) in [6.45, 7) is 3.40. The number of anilines is 1. The third kappa shape index (κ3) is 3.09. The lowest BCUT2D eigenvalue weighted by atomic mass is 10.0. The van der Waals surface area contributed by atoms with Gasteiger partial charge in [-0.3, -0.25) is 0 Å². The molecule has 0 aliphatic carbocycles. The number of aryl methyl sites for hydroxylation is 1. The highest BCUT2D eigenvalue weighted by atomic mass is 16.5. The fraction of sp³-hybridized carbons (Fsp3) is 0.286. The van der Waals surface area contributed by atoms with E-state index in [4.69, 9.17) is 23.9 Å². The van der Waals surface area contributed by atoms with Crippen LogP contribution in [0.5, 0.6) is 23.0 Å². The number of aromatic nitrogens is 2. The number of methoxy groups -OCH3 is 3.